The number of methoxy groups -OCH3 is 2. The van der Waals surface area contributed by atoms with Gasteiger partial charge in [-0.2, -0.15) is 0 Å². The first kappa shape index (κ1) is 17.0. The Morgan fingerprint density at radius 2 is 1.78 bits per heavy atom. The van der Waals surface area contributed by atoms with Gasteiger partial charge in [0.15, 0.2) is 17.3 Å². The molecular weight excluding hydrogens is 314 g/mol. The minimum absolute atomic E-state index is 0.00874. The van der Waals surface area contributed by atoms with Crippen molar-refractivity contribution in [2.45, 2.75) is 19.8 Å². The number of aryl methyl sites for hydroxylation is 1. The van der Waals surface area contributed by atoms with E-state index in [1.807, 2.05) is 13.0 Å². The predicted molar refractivity (Wildman–Crippen MR) is 90.8 cm³/mol. The third-order valence-electron chi connectivity index (χ3n) is 3.26. The molecule has 0 aliphatic heterocycles. The first-order valence-electron chi connectivity index (χ1n) is 7.15. The van der Waals surface area contributed by atoms with E-state index in [9.17, 15) is 9.59 Å². The summed E-state index contributed by atoms with van der Waals surface area (Å²) in [6, 6.07) is 8.83. The van der Waals surface area contributed by atoms with Gasteiger partial charge >= 0.3 is 0 Å². The molecule has 2 rings (SSSR count). The summed E-state index contributed by atoms with van der Waals surface area (Å²) in [4.78, 5) is 25.8. The molecule has 1 aromatic heterocycles. The highest BCUT2D eigenvalue weighted by Gasteiger charge is 2.12. The number of ether oxygens (including phenoxy) is 2. The van der Waals surface area contributed by atoms with Gasteiger partial charge in [0.1, 0.15) is 0 Å². The van der Waals surface area contributed by atoms with E-state index in [2.05, 4.69) is 5.32 Å². The lowest BCUT2D eigenvalue weighted by atomic mass is 10.2. The summed E-state index contributed by atoms with van der Waals surface area (Å²) in [5.41, 5.74) is 0.604. The summed E-state index contributed by atoms with van der Waals surface area (Å²) in [6.45, 7) is 1.95. The van der Waals surface area contributed by atoms with Crippen LogP contribution in [0.3, 0.4) is 0 Å². The Morgan fingerprint density at radius 3 is 2.39 bits per heavy atom. The fourth-order valence-corrected chi connectivity index (χ4v) is 2.91. The summed E-state index contributed by atoms with van der Waals surface area (Å²) in [5, 5.41) is 2.76. The molecule has 0 unspecified atom stereocenters. The number of hydrogen-bond acceptors (Lipinski definition) is 5. The van der Waals surface area contributed by atoms with Crippen molar-refractivity contribution in [1.82, 2.24) is 0 Å². The summed E-state index contributed by atoms with van der Waals surface area (Å²) in [7, 11) is 3.08. The number of carbonyl (C=O) groups is 2. The highest BCUT2D eigenvalue weighted by Crippen LogP contribution is 2.29. The predicted octanol–water partition coefficient (Wildman–Crippen LogP) is 3.68. The van der Waals surface area contributed by atoms with E-state index in [1.165, 1.54) is 18.4 Å². The average Bonchev–Trinajstić information content (AvgIpc) is 2.99. The van der Waals surface area contributed by atoms with Crippen molar-refractivity contribution in [3.05, 3.63) is 40.1 Å². The summed E-state index contributed by atoms with van der Waals surface area (Å²) in [5.74, 6) is 0.911. The zero-order chi connectivity index (χ0) is 16.8. The number of hydrogen-bond donors (Lipinski definition) is 1. The molecule has 1 heterocycles. The minimum Gasteiger partial charge on any atom is -0.493 e. The van der Waals surface area contributed by atoms with Crippen LogP contribution in [-0.4, -0.2) is 25.9 Å². The van der Waals surface area contributed by atoms with Crippen LogP contribution in [0.1, 0.15) is 27.4 Å². The summed E-state index contributed by atoms with van der Waals surface area (Å²) < 4.78 is 10.3. The number of rotatable bonds is 7. The zero-order valence-corrected chi connectivity index (χ0v) is 14.2. The van der Waals surface area contributed by atoms with Gasteiger partial charge in [-0.15, -0.1) is 11.3 Å². The fourth-order valence-electron chi connectivity index (χ4n) is 2.07. The van der Waals surface area contributed by atoms with Gasteiger partial charge in [-0.3, -0.25) is 9.59 Å². The van der Waals surface area contributed by atoms with Crippen molar-refractivity contribution < 1.29 is 19.1 Å². The van der Waals surface area contributed by atoms with Crippen LogP contribution in [0.2, 0.25) is 0 Å². The van der Waals surface area contributed by atoms with E-state index in [4.69, 9.17) is 9.47 Å². The van der Waals surface area contributed by atoms with Gasteiger partial charge in [0.25, 0.3) is 0 Å². The molecule has 0 saturated heterocycles. The maximum absolute atomic E-state index is 12.0. The number of anilines is 1. The lowest BCUT2D eigenvalue weighted by Crippen LogP contribution is -2.13. The van der Waals surface area contributed by atoms with Crippen molar-refractivity contribution in [3.8, 4) is 11.5 Å². The van der Waals surface area contributed by atoms with E-state index in [1.54, 1.807) is 31.4 Å². The van der Waals surface area contributed by atoms with Crippen molar-refractivity contribution in [3.63, 3.8) is 0 Å². The number of thiophene rings is 1. The Morgan fingerprint density at radius 1 is 1.04 bits per heavy atom. The molecule has 1 N–H and O–H groups in total. The van der Waals surface area contributed by atoms with Crippen molar-refractivity contribution in [1.29, 1.82) is 0 Å². The quantitative estimate of drug-likeness (QED) is 0.785. The summed E-state index contributed by atoms with van der Waals surface area (Å²) in [6.07, 6.45) is 0.337. The van der Waals surface area contributed by atoms with Gasteiger partial charge in [0.2, 0.25) is 5.91 Å². The smallest absolute Gasteiger partial charge is 0.224 e. The SMILES string of the molecule is COc1ccc(NC(=O)CCC(=O)c2ccc(C)s2)cc1OC. The second-order valence-electron chi connectivity index (χ2n) is 4.95. The topological polar surface area (TPSA) is 64.6 Å². The molecule has 5 nitrogen and oxygen atoms in total. The van der Waals surface area contributed by atoms with Gasteiger partial charge in [-0.1, -0.05) is 0 Å². The highest BCUT2D eigenvalue weighted by molar-refractivity contribution is 7.14. The summed E-state index contributed by atoms with van der Waals surface area (Å²) >= 11 is 1.45. The largest absolute Gasteiger partial charge is 0.493 e. The Bertz CT molecular complexity index is 708. The van der Waals surface area contributed by atoms with Gasteiger partial charge in [-0.25, -0.2) is 0 Å². The molecule has 1 amide bonds. The molecule has 0 saturated carbocycles. The molecule has 0 radical (unpaired) electrons. The van der Waals surface area contributed by atoms with Crippen LogP contribution in [0.25, 0.3) is 0 Å². The second-order valence-corrected chi connectivity index (χ2v) is 6.24. The van der Waals surface area contributed by atoms with Crippen molar-refractivity contribution in [2.24, 2.45) is 0 Å². The number of ketones is 1. The number of amides is 1. The molecular formula is C17H19NO4S. The fraction of sp³-hybridized carbons (Fsp3) is 0.294. The molecule has 2 aromatic rings. The number of Topliss-reactive ketones (excluding diaryl/α,β-unsaturated/α-hetero) is 1. The van der Waals surface area contributed by atoms with Crippen LogP contribution < -0.4 is 14.8 Å². The third-order valence-corrected chi connectivity index (χ3v) is 4.30. The molecule has 122 valence electrons. The van der Waals surface area contributed by atoms with Gasteiger partial charge < -0.3 is 14.8 Å². The van der Waals surface area contributed by atoms with Crippen LogP contribution >= 0.6 is 11.3 Å². The van der Waals surface area contributed by atoms with Crippen LogP contribution in [0.15, 0.2) is 30.3 Å². The number of nitrogens with one attached hydrogen (secondary N) is 1. The van der Waals surface area contributed by atoms with E-state index < -0.39 is 0 Å². The molecule has 0 bridgehead atoms. The first-order valence-corrected chi connectivity index (χ1v) is 7.96. The highest BCUT2D eigenvalue weighted by atomic mass is 32.1. The minimum atomic E-state index is -0.209. The molecule has 1 aromatic carbocycles. The molecule has 0 fully saturated rings. The third kappa shape index (κ3) is 4.56. The standard InChI is InChI=1S/C17H19NO4S/c1-11-4-8-16(23-11)13(19)6-9-17(20)18-12-5-7-14(21-2)15(10-12)22-3/h4-5,7-8,10H,6,9H2,1-3H3,(H,18,20). The van der Waals surface area contributed by atoms with Gasteiger partial charge in [-0.05, 0) is 31.2 Å². The van der Waals surface area contributed by atoms with Crippen LogP contribution in [0.4, 0.5) is 5.69 Å². The lowest BCUT2D eigenvalue weighted by molar-refractivity contribution is -0.116. The monoisotopic (exact) mass is 333 g/mol. The Labute approximate surface area is 139 Å². The Hall–Kier alpha value is -2.34. The van der Waals surface area contributed by atoms with Gasteiger partial charge in [0.05, 0.1) is 19.1 Å². The average molecular weight is 333 g/mol. The van der Waals surface area contributed by atoms with E-state index in [-0.39, 0.29) is 24.5 Å². The molecule has 0 spiro atoms. The normalized spacial score (nSPS) is 10.2. The van der Waals surface area contributed by atoms with Crippen LogP contribution in [0, 0.1) is 6.92 Å². The number of benzene rings is 1. The maximum Gasteiger partial charge on any atom is 0.224 e. The van der Waals surface area contributed by atoms with E-state index >= 15 is 0 Å². The maximum atomic E-state index is 12.0. The van der Waals surface area contributed by atoms with E-state index in [0.717, 1.165) is 4.88 Å². The Kier molecular flexibility index (Phi) is 5.76. The molecule has 6 heteroatoms. The van der Waals surface area contributed by atoms with Crippen molar-refractivity contribution >= 4 is 28.7 Å². The number of carbonyl (C=O) groups excluding carboxylic acids is 2. The first-order chi connectivity index (χ1) is 11.0. The molecule has 0 aliphatic rings. The molecule has 23 heavy (non-hydrogen) atoms. The molecule has 0 atom stereocenters. The lowest BCUT2D eigenvalue weighted by Gasteiger charge is -2.10. The van der Waals surface area contributed by atoms with Crippen LogP contribution in [-0.2, 0) is 4.79 Å². The van der Waals surface area contributed by atoms with Crippen molar-refractivity contribution in [2.75, 3.05) is 19.5 Å². The van der Waals surface area contributed by atoms with Gasteiger partial charge in [0, 0.05) is 29.5 Å². The zero-order valence-electron chi connectivity index (χ0n) is 13.3. The van der Waals surface area contributed by atoms with Crippen LogP contribution in [0.5, 0.6) is 11.5 Å². The van der Waals surface area contributed by atoms with E-state index in [0.29, 0.717) is 22.1 Å². The molecule has 0 aliphatic carbocycles. The second kappa shape index (κ2) is 7.78. The Balaban J connectivity index is 1.91.